The molecule has 0 amide bonds. The van der Waals surface area contributed by atoms with E-state index in [4.69, 9.17) is 13.9 Å². The van der Waals surface area contributed by atoms with Crippen LogP contribution in [0, 0.1) is 0 Å². The molecule has 0 spiro atoms. The van der Waals surface area contributed by atoms with E-state index in [1.165, 1.54) is 13.2 Å². The van der Waals surface area contributed by atoms with Gasteiger partial charge in [-0.05, 0) is 6.42 Å². The average molecular weight is 405 g/mol. The van der Waals surface area contributed by atoms with E-state index in [1.807, 2.05) is 30.3 Å². The van der Waals surface area contributed by atoms with Gasteiger partial charge in [-0.3, -0.25) is 4.79 Å². The Balaban J connectivity index is 2.17. The molecule has 1 aromatic heterocycles. The van der Waals surface area contributed by atoms with Crippen LogP contribution in [-0.2, 0) is 0 Å². The third-order valence-electron chi connectivity index (χ3n) is 3.71. The Labute approximate surface area is 152 Å². The molecule has 1 N–H and O–H groups in total. The molecule has 0 radical (unpaired) electrons. The quantitative estimate of drug-likeness (QED) is 0.488. The third-order valence-corrected chi connectivity index (χ3v) is 4.27. The van der Waals surface area contributed by atoms with Crippen LogP contribution in [0.25, 0.3) is 22.3 Å². The summed E-state index contributed by atoms with van der Waals surface area (Å²) in [5.41, 5.74) is 0.681. The summed E-state index contributed by atoms with van der Waals surface area (Å²) in [4.78, 5) is 12.5. The van der Waals surface area contributed by atoms with Gasteiger partial charge >= 0.3 is 0 Å². The zero-order valence-electron chi connectivity index (χ0n) is 13.6. The van der Waals surface area contributed by atoms with Crippen molar-refractivity contribution in [3.63, 3.8) is 0 Å². The topological polar surface area (TPSA) is 68.9 Å². The van der Waals surface area contributed by atoms with Crippen LogP contribution in [0.4, 0.5) is 0 Å². The number of benzene rings is 2. The fourth-order valence-electron chi connectivity index (χ4n) is 2.55. The highest BCUT2D eigenvalue weighted by Crippen LogP contribution is 2.42. The van der Waals surface area contributed by atoms with Crippen molar-refractivity contribution >= 4 is 26.9 Å². The predicted octanol–water partition coefficient (Wildman–Crippen LogP) is 4.34. The highest BCUT2D eigenvalue weighted by molar-refractivity contribution is 9.09. The molecule has 0 aliphatic heterocycles. The first-order valence-corrected chi connectivity index (χ1v) is 8.90. The van der Waals surface area contributed by atoms with Gasteiger partial charge in [0, 0.05) is 23.0 Å². The molecule has 2 aromatic carbocycles. The molecule has 0 bridgehead atoms. The number of fused-ring (bicyclic) bond motifs is 1. The summed E-state index contributed by atoms with van der Waals surface area (Å²) in [7, 11) is 1.41. The molecule has 0 saturated carbocycles. The molecule has 130 valence electrons. The summed E-state index contributed by atoms with van der Waals surface area (Å²) in [5.74, 6) is 0.611. The van der Waals surface area contributed by atoms with Crippen LogP contribution in [0.5, 0.6) is 17.2 Å². The molecule has 6 heteroatoms. The second-order valence-corrected chi connectivity index (χ2v) is 6.15. The molecule has 0 aliphatic rings. The van der Waals surface area contributed by atoms with E-state index in [0.717, 1.165) is 17.3 Å². The van der Waals surface area contributed by atoms with Crippen LogP contribution < -0.4 is 14.9 Å². The molecule has 0 atom stereocenters. The summed E-state index contributed by atoms with van der Waals surface area (Å²) >= 11 is 3.34. The zero-order chi connectivity index (χ0) is 17.8. The van der Waals surface area contributed by atoms with Crippen LogP contribution in [-0.4, -0.2) is 24.2 Å². The van der Waals surface area contributed by atoms with Crippen molar-refractivity contribution in [1.29, 1.82) is 0 Å². The van der Waals surface area contributed by atoms with E-state index >= 15 is 0 Å². The van der Waals surface area contributed by atoms with E-state index in [-0.39, 0.29) is 27.9 Å². The number of ether oxygens (including phenoxy) is 2. The first-order valence-electron chi connectivity index (χ1n) is 7.77. The lowest BCUT2D eigenvalue weighted by molar-refractivity contribution is 0.288. The fraction of sp³-hybridized carbons (Fsp3) is 0.211. The number of alkyl halides is 1. The Morgan fingerprint density at radius 3 is 2.64 bits per heavy atom. The lowest BCUT2D eigenvalue weighted by Gasteiger charge is -2.13. The number of methoxy groups -OCH3 is 1. The van der Waals surface area contributed by atoms with Crippen LogP contribution in [0.15, 0.2) is 51.7 Å². The highest BCUT2D eigenvalue weighted by Gasteiger charge is 2.19. The van der Waals surface area contributed by atoms with Crippen molar-refractivity contribution in [2.45, 2.75) is 6.42 Å². The number of phenols is 1. The third kappa shape index (κ3) is 3.49. The minimum absolute atomic E-state index is 0.0735. The van der Waals surface area contributed by atoms with E-state index < -0.39 is 0 Å². The monoisotopic (exact) mass is 404 g/mol. The van der Waals surface area contributed by atoms with Crippen LogP contribution in [0.1, 0.15) is 6.42 Å². The first kappa shape index (κ1) is 17.4. The van der Waals surface area contributed by atoms with Gasteiger partial charge in [0.25, 0.3) is 0 Å². The number of hydrogen-bond acceptors (Lipinski definition) is 5. The van der Waals surface area contributed by atoms with Crippen molar-refractivity contribution in [2.75, 3.05) is 19.0 Å². The SMILES string of the molecule is COc1c(OCCCBr)cc2oc(-c3ccccc3)cc(=O)c2c1O. The maximum absolute atomic E-state index is 12.5. The molecule has 3 aromatic rings. The number of rotatable bonds is 6. The van der Waals surface area contributed by atoms with Crippen LogP contribution >= 0.6 is 15.9 Å². The van der Waals surface area contributed by atoms with Crippen molar-refractivity contribution in [1.82, 2.24) is 0 Å². The molecule has 0 saturated heterocycles. The van der Waals surface area contributed by atoms with E-state index in [1.54, 1.807) is 6.07 Å². The maximum Gasteiger partial charge on any atom is 0.204 e. The zero-order valence-corrected chi connectivity index (χ0v) is 15.2. The van der Waals surface area contributed by atoms with E-state index in [2.05, 4.69) is 15.9 Å². The summed E-state index contributed by atoms with van der Waals surface area (Å²) < 4.78 is 16.7. The molecule has 0 aliphatic carbocycles. The Bertz CT molecular complexity index is 934. The predicted molar refractivity (Wildman–Crippen MR) is 100 cm³/mol. The maximum atomic E-state index is 12.5. The van der Waals surface area contributed by atoms with Crippen molar-refractivity contribution in [3.8, 4) is 28.6 Å². The molecular weight excluding hydrogens is 388 g/mol. The van der Waals surface area contributed by atoms with Gasteiger partial charge in [0.1, 0.15) is 16.7 Å². The molecule has 1 heterocycles. The Morgan fingerprint density at radius 2 is 1.96 bits per heavy atom. The number of phenolic OH excluding ortho intramolecular Hbond substituents is 1. The van der Waals surface area contributed by atoms with Crippen LogP contribution in [0.3, 0.4) is 0 Å². The normalized spacial score (nSPS) is 10.8. The minimum Gasteiger partial charge on any atom is -0.504 e. The molecule has 5 nitrogen and oxygen atoms in total. The summed E-state index contributed by atoms with van der Waals surface area (Å²) in [6.07, 6.45) is 0.788. The molecule has 0 fully saturated rings. The Hall–Kier alpha value is -2.47. The lowest BCUT2D eigenvalue weighted by atomic mass is 10.1. The average Bonchev–Trinajstić information content (AvgIpc) is 2.62. The van der Waals surface area contributed by atoms with E-state index in [9.17, 15) is 9.90 Å². The van der Waals surface area contributed by atoms with Gasteiger partial charge in [0.05, 0.1) is 13.7 Å². The first-order chi connectivity index (χ1) is 12.2. The highest BCUT2D eigenvalue weighted by atomic mass is 79.9. The molecular formula is C19H17BrO5. The molecule has 0 unspecified atom stereocenters. The standard InChI is InChI=1S/C19H17BrO5/c1-23-19-16(24-9-5-8-20)11-15-17(18(19)22)13(21)10-14(25-15)12-6-3-2-4-7-12/h2-4,6-7,10-11,22H,5,8-9H2,1H3. The van der Waals surface area contributed by atoms with Gasteiger partial charge in [-0.15, -0.1) is 0 Å². The number of aromatic hydroxyl groups is 1. The Kier molecular flexibility index (Phi) is 5.28. The summed E-state index contributed by atoms with van der Waals surface area (Å²) in [6.45, 7) is 0.440. The van der Waals surface area contributed by atoms with Gasteiger partial charge < -0.3 is 19.0 Å². The van der Waals surface area contributed by atoms with Crippen molar-refractivity contribution < 1.29 is 19.0 Å². The van der Waals surface area contributed by atoms with Gasteiger partial charge in [-0.1, -0.05) is 46.3 Å². The summed E-state index contributed by atoms with van der Waals surface area (Å²) in [5, 5.41) is 11.3. The second kappa shape index (κ2) is 7.61. The van der Waals surface area contributed by atoms with Gasteiger partial charge in [-0.25, -0.2) is 0 Å². The van der Waals surface area contributed by atoms with Gasteiger partial charge in [0.2, 0.25) is 5.75 Å². The van der Waals surface area contributed by atoms with Gasteiger partial charge in [0.15, 0.2) is 16.9 Å². The van der Waals surface area contributed by atoms with Crippen molar-refractivity contribution in [3.05, 3.63) is 52.7 Å². The number of hydrogen-bond donors (Lipinski definition) is 1. The largest absolute Gasteiger partial charge is 0.504 e. The summed E-state index contributed by atoms with van der Waals surface area (Å²) in [6, 6.07) is 12.2. The smallest absolute Gasteiger partial charge is 0.204 e. The van der Waals surface area contributed by atoms with Gasteiger partial charge in [-0.2, -0.15) is 0 Å². The van der Waals surface area contributed by atoms with E-state index in [0.29, 0.717) is 18.1 Å². The Morgan fingerprint density at radius 1 is 1.20 bits per heavy atom. The number of halogens is 1. The second-order valence-electron chi connectivity index (χ2n) is 5.36. The minimum atomic E-state index is -0.345. The van der Waals surface area contributed by atoms with Crippen molar-refractivity contribution in [2.24, 2.45) is 0 Å². The fourth-order valence-corrected chi connectivity index (χ4v) is 2.78. The van der Waals surface area contributed by atoms with Crippen LogP contribution in [0.2, 0.25) is 0 Å². The molecule has 3 rings (SSSR count). The molecule has 25 heavy (non-hydrogen) atoms. The lowest BCUT2D eigenvalue weighted by Crippen LogP contribution is -2.04.